The van der Waals surface area contributed by atoms with Crippen molar-refractivity contribution in [1.29, 1.82) is 0 Å². The first-order valence-corrected chi connectivity index (χ1v) is 17.4. The van der Waals surface area contributed by atoms with Crippen LogP contribution in [0.25, 0.3) is 44.1 Å². The second-order valence-corrected chi connectivity index (χ2v) is 17.5. The normalized spacial score (nSPS) is 13.0. The molecular weight excluding hydrogens is 606 g/mol. The molecule has 0 aliphatic carbocycles. The lowest BCUT2D eigenvalue weighted by Gasteiger charge is -2.30. The van der Waals surface area contributed by atoms with E-state index in [9.17, 15) is 0 Å². The van der Waals surface area contributed by atoms with Crippen molar-refractivity contribution in [3.63, 3.8) is 0 Å². The van der Waals surface area contributed by atoms with Crippen LogP contribution in [-0.4, -0.2) is 32.8 Å². The molecule has 5 nitrogen and oxygen atoms in total. The molecular formula is C44H57NO4. The van der Waals surface area contributed by atoms with Gasteiger partial charge in [-0.15, -0.1) is 0 Å². The lowest BCUT2D eigenvalue weighted by molar-refractivity contribution is 0.0483. The van der Waals surface area contributed by atoms with Gasteiger partial charge in [0.25, 0.3) is 0 Å². The summed E-state index contributed by atoms with van der Waals surface area (Å²) in [7, 11) is 3.34. The molecule has 0 bridgehead atoms. The number of aromatic nitrogens is 1. The van der Waals surface area contributed by atoms with E-state index in [1.54, 1.807) is 14.2 Å². The zero-order chi connectivity index (χ0) is 36.1. The van der Waals surface area contributed by atoms with Crippen LogP contribution >= 0.6 is 0 Å². The Hall–Kier alpha value is -3.80. The molecule has 0 radical (unpaired) electrons. The Morgan fingerprint density at radius 2 is 0.735 bits per heavy atom. The van der Waals surface area contributed by atoms with Crippen molar-refractivity contribution in [3.8, 4) is 33.8 Å². The van der Waals surface area contributed by atoms with Gasteiger partial charge in [0.15, 0.2) is 13.6 Å². The van der Waals surface area contributed by atoms with Gasteiger partial charge in [0.1, 0.15) is 11.5 Å². The van der Waals surface area contributed by atoms with Crippen LogP contribution in [0.5, 0.6) is 11.5 Å². The van der Waals surface area contributed by atoms with Crippen molar-refractivity contribution in [2.45, 2.75) is 105 Å². The number of fused-ring (bicyclic) bond motifs is 3. The summed E-state index contributed by atoms with van der Waals surface area (Å²) >= 11 is 0. The predicted octanol–water partition coefficient (Wildman–Crippen LogP) is 11.8. The largest absolute Gasteiger partial charge is 0.467 e. The van der Waals surface area contributed by atoms with Crippen LogP contribution in [0, 0.1) is 0 Å². The molecule has 4 aromatic carbocycles. The first-order chi connectivity index (χ1) is 22.7. The molecule has 262 valence electrons. The number of nitrogens with one attached hydrogen (secondary N) is 1. The quantitative estimate of drug-likeness (QED) is 0.168. The zero-order valence-electron chi connectivity index (χ0n) is 32.3. The molecule has 0 unspecified atom stereocenters. The van der Waals surface area contributed by atoms with E-state index >= 15 is 0 Å². The van der Waals surface area contributed by atoms with Gasteiger partial charge in [0.05, 0.1) is 0 Å². The molecule has 5 heteroatoms. The van der Waals surface area contributed by atoms with Gasteiger partial charge in [0, 0.05) is 58.3 Å². The highest BCUT2D eigenvalue weighted by Crippen LogP contribution is 2.45. The summed E-state index contributed by atoms with van der Waals surface area (Å²) in [5, 5.41) is 2.43. The Morgan fingerprint density at radius 3 is 1.00 bits per heavy atom. The van der Waals surface area contributed by atoms with Gasteiger partial charge in [-0.25, -0.2) is 0 Å². The van der Waals surface area contributed by atoms with Gasteiger partial charge in [-0.1, -0.05) is 107 Å². The van der Waals surface area contributed by atoms with E-state index in [2.05, 4.69) is 149 Å². The van der Waals surface area contributed by atoms with Crippen LogP contribution in [0.15, 0.2) is 60.7 Å². The molecule has 49 heavy (non-hydrogen) atoms. The summed E-state index contributed by atoms with van der Waals surface area (Å²) in [4.78, 5) is 3.77. The maximum absolute atomic E-state index is 6.25. The summed E-state index contributed by atoms with van der Waals surface area (Å²) in [6, 6.07) is 22.8. The van der Waals surface area contributed by atoms with E-state index in [-0.39, 0.29) is 35.2 Å². The SMILES string of the molecule is COCOc1c(C(C)(C)C)cc(-c2ccc3c(c2)[nH]c2cc(-c4cc(C(C)(C)C)c(OCOC)c(C(C)(C)C)c4)ccc23)cc1C(C)(C)C. The number of hydrogen-bond donors (Lipinski definition) is 1. The van der Waals surface area contributed by atoms with Gasteiger partial charge >= 0.3 is 0 Å². The van der Waals surface area contributed by atoms with E-state index in [4.69, 9.17) is 18.9 Å². The van der Waals surface area contributed by atoms with Gasteiger partial charge in [-0.2, -0.15) is 0 Å². The van der Waals surface area contributed by atoms with E-state index < -0.39 is 0 Å². The number of benzene rings is 4. The molecule has 0 aliphatic heterocycles. The first kappa shape index (κ1) is 36.5. The smallest absolute Gasteiger partial charge is 0.188 e. The number of H-pyrrole nitrogens is 1. The number of hydrogen-bond acceptors (Lipinski definition) is 4. The van der Waals surface area contributed by atoms with Crippen molar-refractivity contribution in [2.75, 3.05) is 27.8 Å². The number of rotatable bonds is 8. The number of methoxy groups -OCH3 is 2. The maximum Gasteiger partial charge on any atom is 0.188 e. The summed E-state index contributed by atoms with van der Waals surface area (Å²) in [5.74, 6) is 1.85. The highest BCUT2D eigenvalue weighted by molar-refractivity contribution is 6.09. The van der Waals surface area contributed by atoms with Crippen molar-refractivity contribution >= 4 is 21.8 Å². The highest BCUT2D eigenvalue weighted by atomic mass is 16.7. The molecule has 0 saturated heterocycles. The van der Waals surface area contributed by atoms with Crippen LogP contribution in [0.4, 0.5) is 0 Å². The van der Waals surface area contributed by atoms with Crippen LogP contribution in [0.2, 0.25) is 0 Å². The molecule has 0 atom stereocenters. The van der Waals surface area contributed by atoms with Crippen LogP contribution < -0.4 is 9.47 Å². The van der Waals surface area contributed by atoms with E-state index in [1.807, 2.05) is 0 Å². The van der Waals surface area contributed by atoms with Gasteiger partial charge in [-0.3, -0.25) is 0 Å². The molecule has 1 aromatic heterocycles. The fourth-order valence-corrected chi connectivity index (χ4v) is 6.64. The Labute approximate surface area is 294 Å². The van der Waals surface area contributed by atoms with Gasteiger partial charge in [-0.05, 0) is 80.3 Å². The third-order valence-electron chi connectivity index (χ3n) is 9.32. The maximum atomic E-state index is 6.25. The second kappa shape index (κ2) is 13.2. The van der Waals surface area contributed by atoms with Gasteiger partial charge in [0.2, 0.25) is 0 Å². The molecule has 5 rings (SSSR count). The van der Waals surface area contributed by atoms with Crippen molar-refractivity contribution in [2.24, 2.45) is 0 Å². The third-order valence-corrected chi connectivity index (χ3v) is 9.32. The van der Waals surface area contributed by atoms with E-state index in [0.717, 1.165) is 22.5 Å². The van der Waals surface area contributed by atoms with Crippen LogP contribution in [0.3, 0.4) is 0 Å². The minimum absolute atomic E-state index is 0.117. The first-order valence-electron chi connectivity index (χ1n) is 17.4. The monoisotopic (exact) mass is 663 g/mol. The standard InChI is InChI=1S/C44H57NO4/c1-41(2,3)33-19-29(20-34(42(4,5)6)39(33)48-25-46-13)27-15-17-31-32-18-16-28(24-38(32)45-37(31)23-27)30-21-35(43(7,8)9)40(49-26-47-14)36(22-30)44(10,11)12/h15-24,45H,25-26H2,1-14H3. The van der Waals surface area contributed by atoms with Crippen molar-refractivity contribution < 1.29 is 18.9 Å². The lowest BCUT2D eigenvalue weighted by atomic mass is 9.77. The highest BCUT2D eigenvalue weighted by Gasteiger charge is 2.30. The minimum atomic E-state index is -0.117. The fourth-order valence-electron chi connectivity index (χ4n) is 6.64. The van der Waals surface area contributed by atoms with Crippen molar-refractivity contribution in [3.05, 3.63) is 82.9 Å². The summed E-state index contributed by atoms with van der Waals surface area (Å²) < 4.78 is 23.2. The van der Waals surface area contributed by atoms with Crippen molar-refractivity contribution in [1.82, 2.24) is 4.98 Å². The molecule has 0 saturated carbocycles. The number of ether oxygens (including phenoxy) is 4. The molecule has 1 N–H and O–H groups in total. The number of aromatic amines is 1. The Kier molecular flexibility index (Phi) is 9.79. The Bertz CT molecular complexity index is 1760. The average Bonchev–Trinajstić information content (AvgIpc) is 3.37. The average molecular weight is 664 g/mol. The summed E-state index contributed by atoms with van der Waals surface area (Å²) in [5.41, 5.74) is 11.2. The minimum Gasteiger partial charge on any atom is -0.467 e. The lowest BCUT2D eigenvalue weighted by Crippen LogP contribution is -2.20. The third kappa shape index (κ3) is 7.54. The molecule has 0 fully saturated rings. The molecule has 0 spiro atoms. The molecule has 0 amide bonds. The summed E-state index contributed by atoms with van der Waals surface area (Å²) in [6.07, 6.45) is 0. The van der Waals surface area contributed by atoms with Crippen LogP contribution in [-0.2, 0) is 31.1 Å². The molecule has 0 aliphatic rings. The fraction of sp³-hybridized carbons (Fsp3) is 0.455. The molecule has 1 heterocycles. The summed E-state index contributed by atoms with van der Waals surface area (Å²) in [6.45, 7) is 27.3. The Morgan fingerprint density at radius 1 is 0.429 bits per heavy atom. The second-order valence-electron chi connectivity index (χ2n) is 17.5. The van der Waals surface area contributed by atoms with E-state index in [1.165, 1.54) is 55.3 Å². The predicted molar refractivity (Wildman–Crippen MR) is 206 cm³/mol. The van der Waals surface area contributed by atoms with Crippen LogP contribution in [0.1, 0.15) is 105 Å². The topological polar surface area (TPSA) is 52.7 Å². The van der Waals surface area contributed by atoms with E-state index in [0.29, 0.717) is 0 Å². The zero-order valence-corrected chi connectivity index (χ0v) is 32.3. The molecule has 5 aromatic rings. The van der Waals surface area contributed by atoms with Gasteiger partial charge < -0.3 is 23.9 Å². The Balaban J connectivity index is 1.66.